The number of carbonyl (C=O) groups excluding carboxylic acids is 1. The molecule has 0 bridgehead atoms. The third-order valence-corrected chi connectivity index (χ3v) is 3.57. The summed E-state index contributed by atoms with van der Waals surface area (Å²) < 4.78 is 18.4. The van der Waals surface area contributed by atoms with E-state index >= 15 is 0 Å². The van der Waals surface area contributed by atoms with Gasteiger partial charge in [-0.3, -0.25) is 4.79 Å². The van der Waals surface area contributed by atoms with Crippen molar-refractivity contribution < 1.29 is 13.9 Å². The molecule has 110 valence electrons. The number of aryl methyl sites for hydroxylation is 1. The quantitative estimate of drug-likeness (QED) is 0.910. The molecule has 1 aromatic carbocycles. The molecule has 1 fully saturated rings. The van der Waals surface area contributed by atoms with Crippen LogP contribution < -0.4 is 10.1 Å². The summed E-state index contributed by atoms with van der Waals surface area (Å²) in [5.41, 5.74) is 0.819. The number of methoxy groups -OCH3 is 1. The van der Waals surface area contributed by atoms with Gasteiger partial charge < -0.3 is 15.0 Å². The van der Waals surface area contributed by atoms with Gasteiger partial charge in [0.2, 0.25) is 5.91 Å². The van der Waals surface area contributed by atoms with E-state index in [1.165, 1.54) is 13.2 Å². The van der Waals surface area contributed by atoms with Gasteiger partial charge in [0.1, 0.15) is 0 Å². The molecule has 2 rings (SSSR count). The van der Waals surface area contributed by atoms with E-state index in [9.17, 15) is 9.18 Å². The Morgan fingerprint density at radius 1 is 1.55 bits per heavy atom. The monoisotopic (exact) mass is 280 g/mol. The second-order valence-corrected chi connectivity index (χ2v) is 5.16. The fourth-order valence-electron chi connectivity index (χ4n) is 2.43. The largest absolute Gasteiger partial charge is 0.494 e. The van der Waals surface area contributed by atoms with Crippen LogP contribution in [0, 0.1) is 5.82 Å². The fourth-order valence-corrected chi connectivity index (χ4v) is 2.43. The third-order valence-electron chi connectivity index (χ3n) is 3.57. The van der Waals surface area contributed by atoms with Crippen LogP contribution in [0.5, 0.6) is 5.75 Å². The third kappa shape index (κ3) is 3.70. The van der Waals surface area contributed by atoms with Gasteiger partial charge in [0.05, 0.1) is 7.11 Å². The van der Waals surface area contributed by atoms with Gasteiger partial charge in [0.25, 0.3) is 0 Å². The average molecular weight is 280 g/mol. The first kappa shape index (κ1) is 14.8. The fraction of sp³-hybridized carbons (Fsp3) is 0.533. The van der Waals surface area contributed by atoms with Crippen molar-refractivity contribution in [2.75, 3.05) is 26.7 Å². The summed E-state index contributed by atoms with van der Waals surface area (Å²) in [5.74, 6) is -0.0150. The topological polar surface area (TPSA) is 41.6 Å². The van der Waals surface area contributed by atoms with Crippen LogP contribution in [0.25, 0.3) is 0 Å². The highest BCUT2D eigenvalue weighted by Crippen LogP contribution is 2.18. The first-order valence-corrected chi connectivity index (χ1v) is 6.93. The van der Waals surface area contributed by atoms with E-state index in [1.807, 2.05) is 4.90 Å². The number of hydrogen-bond acceptors (Lipinski definition) is 3. The average Bonchev–Trinajstić information content (AvgIpc) is 2.45. The second-order valence-electron chi connectivity index (χ2n) is 5.16. The number of carbonyl (C=O) groups is 1. The summed E-state index contributed by atoms with van der Waals surface area (Å²) in [7, 11) is 1.44. The molecule has 20 heavy (non-hydrogen) atoms. The first-order chi connectivity index (χ1) is 9.60. The molecule has 5 heteroatoms. The number of amides is 1. The van der Waals surface area contributed by atoms with Crippen LogP contribution in [0.15, 0.2) is 18.2 Å². The molecule has 1 aliphatic rings. The Morgan fingerprint density at radius 3 is 3.00 bits per heavy atom. The molecule has 4 nitrogen and oxygen atoms in total. The molecule has 0 aliphatic carbocycles. The van der Waals surface area contributed by atoms with Crippen LogP contribution in [0.4, 0.5) is 4.39 Å². The molecule has 1 amide bonds. The lowest BCUT2D eigenvalue weighted by Gasteiger charge is -2.32. The van der Waals surface area contributed by atoms with Crippen LogP contribution in [-0.2, 0) is 11.2 Å². The van der Waals surface area contributed by atoms with E-state index in [4.69, 9.17) is 4.74 Å². The second kappa shape index (κ2) is 6.70. The number of hydrogen-bond donors (Lipinski definition) is 1. The van der Waals surface area contributed by atoms with E-state index in [2.05, 4.69) is 12.2 Å². The number of rotatable bonds is 4. The number of nitrogens with zero attached hydrogens (tertiary/aromatic N) is 1. The van der Waals surface area contributed by atoms with Crippen molar-refractivity contribution in [1.29, 1.82) is 0 Å². The number of nitrogens with one attached hydrogen (secondary N) is 1. The van der Waals surface area contributed by atoms with Crippen molar-refractivity contribution in [3.05, 3.63) is 29.6 Å². The van der Waals surface area contributed by atoms with Crippen molar-refractivity contribution >= 4 is 5.91 Å². The van der Waals surface area contributed by atoms with E-state index in [0.29, 0.717) is 18.9 Å². The highest BCUT2D eigenvalue weighted by molar-refractivity contribution is 5.76. The maximum Gasteiger partial charge on any atom is 0.222 e. The molecule has 0 spiro atoms. The number of halogens is 1. The highest BCUT2D eigenvalue weighted by Gasteiger charge is 2.20. The minimum Gasteiger partial charge on any atom is -0.494 e. The Balaban J connectivity index is 1.88. The summed E-state index contributed by atoms with van der Waals surface area (Å²) in [4.78, 5) is 14.0. The Labute approximate surface area is 118 Å². The predicted molar refractivity (Wildman–Crippen MR) is 75.3 cm³/mol. The molecule has 1 aromatic rings. The lowest BCUT2D eigenvalue weighted by atomic mass is 10.1. The number of ether oxygens (including phenoxy) is 1. The summed E-state index contributed by atoms with van der Waals surface area (Å²) in [6.45, 7) is 4.40. The Hall–Kier alpha value is -1.62. The zero-order valence-electron chi connectivity index (χ0n) is 12.0. The number of benzene rings is 1. The standard InChI is InChI=1S/C15H21FN2O2/c1-11-10-18(8-7-17-11)15(19)6-4-12-3-5-14(20-2)13(16)9-12/h3,5,9,11,17H,4,6-8,10H2,1-2H3/t11-/m0/s1. The van der Waals surface area contributed by atoms with Crippen LogP contribution in [0.1, 0.15) is 18.9 Å². The smallest absolute Gasteiger partial charge is 0.222 e. The van der Waals surface area contributed by atoms with Gasteiger partial charge >= 0.3 is 0 Å². The van der Waals surface area contributed by atoms with Crippen molar-refractivity contribution in [2.45, 2.75) is 25.8 Å². The van der Waals surface area contributed by atoms with Gasteiger partial charge in [0, 0.05) is 32.1 Å². The van der Waals surface area contributed by atoms with Gasteiger partial charge in [-0.05, 0) is 31.0 Å². The van der Waals surface area contributed by atoms with Gasteiger partial charge in [-0.15, -0.1) is 0 Å². The molecule has 0 unspecified atom stereocenters. The Kier molecular flexibility index (Phi) is 4.95. The summed E-state index contributed by atoms with van der Waals surface area (Å²) >= 11 is 0. The molecule has 1 atom stereocenters. The van der Waals surface area contributed by atoms with Crippen molar-refractivity contribution in [2.24, 2.45) is 0 Å². The van der Waals surface area contributed by atoms with E-state index in [-0.39, 0.29) is 17.5 Å². The predicted octanol–water partition coefficient (Wildman–Crippen LogP) is 1.59. The minimum absolute atomic E-state index is 0.134. The van der Waals surface area contributed by atoms with Crippen LogP contribution in [0.2, 0.25) is 0 Å². The van der Waals surface area contributed by atoms with Gasteiger partial charge in [-0.2, -0.15) is 0 Å². The first-order valence-electron chi connectivity index (χ1n) is 6.93. The van der Waals surface area contributed by atoms with Crippen LogP contribution in [-0.4, -0.2) is 43.6 Å². The molecule has 0 aromatic heterocycles. The molecular formula is C15H21FN2O2. The minimum atomic E-state index is -0.381. The van der Waals surface area contributed by atoms with Gasteiger partial charge in [0.15, 0.2) is 11.6 Å². The molecule has 1 aliphatic heterocycles. The van der Waals surface area contributed by atoms with E-state index in [1.54, 1.807) is 12.1 Å². The maximum absolute atomic E-state index is 13.6. The molecule has 1 N–H and O–H groups in total. The highest BCUT2D eigenvalue weighted by atomic mass is 19.1. The van der Waals surface area contributed by atoms with Crippen molar-refractivity contribution in [3.8, 4) is 5.75 Å². The van der Waals surface area contributed by atoms with Crippen LogP contribution >= 0.6 is 0 Å². The molecule has 1 saturated heterocycles. The lowest BCUT2D eigenvalue weighted by molar-refractivity contribution is -0.132. The number of piperazine rings is 1. The SMILES string of the molecule is COc1ccc(CCC(=O)N2CCN[C@@H](C)C2)cc1F. The summed E-state index contributed by atoms with van der Waals surface area (Å²) in [5, 5.41) is 3.30. The summed E-state index contributed by atoms with van der Waals surface area (Å²) in [6.07, 6.45) is 0.969. The van der Waals surface area contributed by atoms with E-state index < -0.39 is 0 Å². The Bertz CT molecular complexity index is 479. The zero-order chi connectivity index (χ0) is 14.5. The van der Waals surface area contributed by atoms with Gasteiger partial charge in [-0.25, -0.2) is 4.39 Å². The maximum atomic E-state index is 13.6. The van der Waals surface area contributed by atoms with Crippen molar-refractivity contribution in [1.82, 2.24) is 10.2 Å². The molecule has 0 radical (unpaired) electrons. The van der Waals surface area contributed by atoms with Crippen molar-refractivity contribution in [3.63, 3.8) is 0 Å². The summed E-state index contributed by atoms with van der Waals surface area (Å²) in [6, 6.07) is 5.18. The zero-order valence-corrected chi connectivity index (χ0v) is 12.0. The van der Waals surface area contributed by atoms with Gasteiger partial charge in [-0.1, -0.05) is 6.07 Å². The normalized spacial score (nSPS) is 18.9. The molecule has 1 heterocycles. The lowest BCUT2D eigenvalue weighted by Crippen LogP contribution is -2.51. The molecule has 0 saturated carbocycles. The van der Waals surface area contributed by atoms with Crippen LogP contribution in [0.3, 0.4) is 0 Å². The Morgan fingerprint density at radius 2 is 2.35 bits per heavy atom. The molecular weight excluding hydrogens is 259 g/mol. The van der Waals surface area contributed by atoms with E-state index in [0.717, 1.165) is 25.2 Å².